The molecule has 1 aliphatic carbocycles. The first-order valence-corrected chi connectivity index (χ1v) is 10.8. The summed E-state index contributed by atoms with van der Waals surface area (Å²) in [5.74, 6) is -0.0867. The average molecular weight is 411 g/mol. The summed E-state index contributed by atoms with van der Waals surface area (Å²) < 4.78 is 5.50. The van der Waals surface area contributed by atoms with Crippen LogP contribution in [0.25, 0.3) is 6.08 Å². The number of carbonyl (C=O) groups is 2. The van der Waals surface area contributed by atoms with Crippen LogP contribution in [-0.2, 0) is 9.59 Å². The van der Waals surface area contributed by atoms with Gasteiger partial charge >= 0.3 is 5.97 Å². The number of amides is 1. The van der Waals surface area contributed by atoms with Crippen LogP contribution in [0.1, 0.15) is 78.7 Å². The van der Waals surface area contributed by atoms with Gasteiger partial charge in [-0.3, -0.25) is 9.59 Å². The van der Waals surface area contributed by atoms with Gasteiger partial charge in [-0.1, -0.05) is 52.2 Å². The topological polar surface area (TPSA) is 79.2 Å². The fourth-order valence-electron chi connectivity index (χ4n) is 4.23. The van der Waals surface area contributed by atoms with E-state index in [0.29, 0.717) is 11.3 Å². The number of nitrogens with one attached hydrogen (secondary N) is 1. The van der Waals surface area contributed by atoms with E-state index in [1.807, 2.05) is 19.9 Å². The molecule has 0 spiro atoms. The first kappa shape index (κ1) is 23.7. The molecule has 0 aliphatic heterocycles. The standard InChI is InChI=1S/C25H34N2O3/c1-24(2,3)17-25(4,5)27-22(28)20(16-26)15-18-11-13-21(14-12-18)30-23(29)19-9-7-6-8-10-19/h11-15,19H,6-10,17H2,1-5H3,(H,27,28). The summed E-state index contributed by atoms with van der Waals surface area (Å²) in [6.45, 7) is 10.3. The molecular weight excluding hydrogens is 376 g/mol. The summed E-state index contributed by atoms with van der Waals surface area (Å²) in [6, 6.07) is 8.87. The first-order valence-electron chi connectivity index (χ1n) is 10.8. The van der Waals surface area contributed by atoms with Gasteiger partial charge in [0.1, 0.15) is 17.4 Å². The van der Waals surface area contributed by atoms with Crippen molar-refractivity contribution in [1.82, 2.24) is 5.32 Å². The summed E-state index contributed by atoms with van der Waals surface area (Å²) in [5.41, 5.74) is 0.373. The second-order valence-electron chi connectivity index (χ2n) is 10.1. The monoisotopic (exact) mass is 410 g/mol. The van der Waals surface area contributed by atoms with Gasteiger partial charge in [0.2, 0.25) is 0 Å². The van der Waals surface area contributed by atoms with Crippen LogP contribution in [0.3, 0.4) is 0 Å². The highest BCUT2D eigenvalue weighted by atomic mass is 16.5. The van der Waals surface area contributed by atoms with E-state index in [1.165, 1.54) is 6.42 Å². The van der Waals surface area contributed by atoms with Crippen molar-refractivity contribution in [2.24, 2.45) is 11.3 Å². The zero-order chi connectivity index (χ0) is 22.4. The van der Waals surface area contributed by atoms with Crippen LogP contribution in [-0.4, -0.2) is 17.4 Å². The van der Waals surface area contributed by atoms with Gasteiger partial charge in [-0.25, -0.2) is 0 Å². The Morgan fingerprint density at radius 2 is 1.70 bits per heavy atom. The molecule has 1 aromatic carbocycles. The van der Waals surface area contributed by atoms with Crippen molar-refractivity contribution < 1.29 is 14.3 Å². The molecule has 1 N–H and O–H groups in total. The smallest absolute Gasteiger partial charge is 0.314 e. The van der Waals surface area contributed by atoms with E-state index >= 15 is 0 Å². The summed E-state index contributed by atoms with van der Waals surface area (Å²) in [7, 11) is 0. The minimum absolute atomic E-state index is 0.0105. The number of nitriles is 1. The molecule has 5 nitrogen and oxygen atoms in total. The predicted molar refractivity (Wildman–Crippen MR) is 119 cm³/mol. The molecule has 0 atom stereocenters. The van der Waals surface area contributed by atoms with Crippen LogP contribution in [0.4, 0.5) is 0 Å². The number of benzene rings is 1. The molecule has 1 saturated carbocycles. The van der Waals surface area contributed by atoms with E-state index in [4.69, 9.17) is 4.74 Å². The number of ether oxygens (including phenoxy) is 1. The fraction of sp³-hybridized carbons (Fsp3) is 0.560. The van der Waals surface area contributed by atoms with Gasteiger partial charge in [-0.15, -0.1) is 0 Å². The second kappa shape index (κ2) is 9.93. The quantitative estimate of drug-likeness (QED) is 0.294. The highest BCUT2D eigenvalue weighted by molar-refractivity contribution is 6.02. The predicted octanol–water partition coefficient (Wildman–Crippen LogP) is 5.41. The van der Waals surface area contributed by atoms with E-state index in [9.17, 15) is 14.9 Å². The van der Waals surface area contributed by atoms with Gasteiger partial charge in [0.05, 0.1) is 5.92 Å². The Bertz CT molecular complexity index is 817. The molecule has 162 valence electrons. The normalized spacial score (nSPS) is 15.9. The van der Waals surface area contributed by atoms with Crippen molar-refractivity contribution in [1.29, 1.82) is 5.26 Å². The van der Waals surface area contributed by atoms with Crippen molar-refractivity contribution in [2.75, 3.05) is 0 Å². The molecule has 30 heavy (non-hydrogen) atoms. The van der Waals surface area contributed by atoms with Crippen molar-refractivity contribution in [2.45, 2.75) is 78.7 Å². The summed E-state index contributed by atoms with van der Waals surface area (Å²) >= 11 is 0. The van der Waals surface area contributed by atoms with E-state index in [0.717, 1.165) is 32.1 Å². The molecule has 0 heterocycles. The lowest BCUT2D eigenvalue weighted by molar-refractivity contribution is -0.140. The summed E-state index contributed by atoms with van der Waals surface area (Å²) in [5, 5.41) is 12.4. The number of hydrogen-bond acceptors (Lipinski definition) is 4. The van der Waals surface area contributed by atoms with E-state index in [-0.39, 0.29) is 28.8 Å². The largest absolute Gasteiger partial charge is 0.426 e. The van der Waals surface area contributed by atoms with E-state index in [1.54, 1.807) is 30.3 Å². The van der Waals surface area contributed by atoms with Crippen LogP contribution in [0, 0.1) is 22.7 Å². The maximum atomic E-state index is 12.6. The number of esters is 1. The summed E-state index contributed by atoms with van der Waals surface area (Å²) in [4.78, 5) is 24.9. The van der Waals surface area contributed by atoms with Crippen molar-refractivity contribution >= 4 is 18.0 Å². The Morgan fingerprint density at radius 1 is 1.10 bits per heavy atom. The molecule has 1 fully saturated rings. The zero-order valence-corrected chi connectivity index (χ0v) is 18.9. The molecule has 0 aromatic heterocycles. The summed E-state index contributed by atoms with van der Waals surface area (Å²) in [6.07, 6.45) is 7.47. The average Bonchev–Trinajstić information content (AvgIpc) is 2.65. The second-order valence-corrected chi connectivity index (χ2v) is 10.1. The molecule has 0 bridgehead atoms. The van der Waals surface area contributed by atoms with Gasteiger partial charge in [0.25, 0.3) is 5.91 Å². The van der Waals surface area contributed by atoms with Crippen LogP contribution in [0.2, 0.25) is 0 Å². The fourth-order valence-corrected chi connectivity index (χ4v) is 4.23. The Kier molecular flexibility index (Phi) is 7.83. The number of rotatable bonds is 6. The maximum absolute atomic E-state index is 12.6. The minimum atomic E-state index is -0.428. The van der Waals surface area contributed by atoms with Gasteiger partial charge in [0, 0.05) is 5.54 Å². The Morgan fingerprint density at radius 3 is 2.23 bits per heavy atom. The Labute approximate surface area is 180 Å². The van der Waals surface area contributed by atoms with Gasteiger partial charge < -0.3 is 10.1 Å². The zero-order valence-electron chi connectivity index (χ0n) is 18.9. The molecule has 1 amide bonds. The third-order valence-corrected chi connectivity index (χ3v) is 5.14. The van der Waals surface area contributed by atoms with Gasteiger partial charge in [-0.2, -0.15) is 5.26 Å². The lowest BCUT2D eigenvalue weighted by atomic mass is 9.81. The third-order valence-electron chi connectivity index (χ3n) is 5.14. The molecule has 5 heteroatoms. The van der Waals surface area contributed by atoms with Crippen molar-refractivity contribution in [3.63, 3.8) is 0 Å². The van der Waals surface area contributed by atoms with Gasteiger partial charge in [-0.05, 0) is 62.3 Å². The van der Waals surface area contributed by atoms with Crippen LogP contribution in [0.15, 0.2) is 29.8 Å². The first-order chi connectivity index (χ1) is 14.0. The van der Waals surface area contributed by atoms with Crippen molar-refractivity contribution in [3.05, 3.63) is 35.4 Å². The lowest BCUT2D eigenvalue weighted by Crippen LogP contribution is -2.46. The van der Waals surface area contributed by atoms with Gasteiger partial charge in [0.15, 0.2) is 0 Å². The SMILES string of the molecule is CC(C)(C)CC(C)(C)NC(=O)C(C#N)=Cc1ccc(OC(=O)C2CCCCC2)cc1. The lowest BCUT2D eigenvalue weighted by Gasteiger charge is -2.33. The van der Waals surface area contributed by atoms with Crippen molar-refractivity contribution in [3.8, 4) is 11.8 Å². The maximum Gasteiger partial charge on any atom is 0.314 e. The molecule has 0 saturated heterocycles. The molecule has 2 rings (SSSR count). The number of carbonyl (C=O) groups excluding carboxylic acids is 2. The number of nitrogens with zero attached hydrogens (tertiary/aromatic N) is 1. The highest BCUT2D eigenvalue weighted by Crippen LogP contribution is 2.28. The molecule has 0 unspecified atom stereocenters. The third kappa shape index (κ3) is 7.67. The highest BCUT2D eigenvalue weighted by Gasteiger charge is 2.28. The van der Waals surface area contributed by atoms with Crippen LogP contribution < -0.4 is 10.1 Å². The molecular formula is C25H34N2O3. The molecule has 0 radical (unpaired) electrons. The Hall–Kier alpha value is -2.61. The minimum Gasteiger partial charge on any atom is -0.426 e. The van der Waals surface area contributed by atoms with Crippen LogP contribution in [0.5, 0.6) is 5.75 Å². The van der Waals surface area contributed by atoms with Crippen LogP contribution >= 0.6 is 0 Å². The molecule has 1 aliphatic rings. The Balaban J connectivity index is 2.02. The number of hydrogen-bond donors (Lipinski definition) is 1. The van der Waals surface area contributed by atoms with E-state index in [2.05, 4.69) is 26.1 Å². The van der Waals surface area contributed by atoms with E-state index < -0.39 is 5.54 Å². The molecule has 1 aromatic rings.